The summed E-state index contributed by atoms with van der Waals surface area (Å²) >= 11 is 6.35. The van der Waals surface area contributed by atoms with Crippen LogP contribution in [0.15, 0.2) is 29.6 Å². The van der Waals surface area contributed by atoms with Gasteiger partial charge in [0, 0.05) is 18.8 Å². The van der Waals surface area contributed by atoms with Gasteiger partial charge in [0.05, 0.1) is 16.8 Å². The lowest BCUT2D eigenvalue weighted by Crippen LogP contribution is -2.67. The summed E-state index contributed by atoms with van der Waals surface area (Å²) in [5, 5.41) is 10.2. The zero-order chi connectivity index (χ0) is 21.0. The molecule has 162 valence electrons. The van der Waals surface area contributed by atoms with Gasteiger partial charge in [-0.1, -0.05) is 11.6 Å². The molecule has 31 heavy (non-hydrogen) atoms. The summed E-state index contributed by atoms with van der Waals surface area (Å²) in [6.07, 6.45) is 7.10. The Hall–Kier alpha value is -3.31. The van der Waals surface area contributed by atoms with Crippen LogP contribution in [0.25, 0.3) is 11.1 Å². The Morgan fingerprint density at radius 3 is 2.71 bits per heavy atom. The van der Waals surface area contributed by atoms with Crippen molar-refractivity contribution in [3.8, 4) is 11.1 Å². The van der Waals surface area contributed by atoms with Crippen molar-refractivity contribution < 1.29 is 4.79 Å². The molecule has 3 aromatic heterocycles. The summed E-state index contributed by atoms with van der Waals surface area (Å²) in [5.74, 6) is 0.169. The van der Waals surface area contributed by atoms with Crippen molar-refractivity contribution in [3.63, 3.8) is 0 Å². The molecule has 1 spiro atoms. The number of hydrogen-bond acceptors (Lipinski definition) is 8. The van der Waals surface area contributed by atoms with E-state index in [0.717, 1.165) is 19.3 Å². The third kappa shape index (κ3) is 3.35. The van der Waals surface area contributed by atoms with Crippen molar-refractivity contribution in [3.05, 3.63) is 45.9 Å². The number of aromatic nitrogens is 5. The number of nitrogens with one attached hydrogen (secondary N) is 3. The first-order valence-electron chi connectivity index (χ1n) is 9.30. The maximum absolute atomic E-state index is 13.2. The number of fused-ring (bicyclic) bond motifs is 1. The summed E-state index contributed by atoms with van der Waals surface area (Å²) in [4.78, 5) is 34.0. The second-order valence-electron chi connectivity index (χ2n) is 7.41. The maximum Gasteiger partial charge on any atom is 0.293 e. The summed E-state index contributed by atoms with van der Waals surface area (Å²) in [7, 11) is 1.78. The first-order chi connectivity index (χ1) is 14.4. The molecule has 1 aliphatic heterocycles. The van der Waals surface area contributed by atoms with E-state index in [0.29, 0.717) is 16.9 Å². The predicted octanol–water partition coefficient (Wildman–Crippen LogP) is 1.61. The molecule has 1 saturated carbocycles. The van der Waals surface area contributed by atoms with Crippen LogP contribution < -0.4 is 27.4 Å². The lowest BCUT2D eigenvalue weighted by atomic mass is 9.84. The van der Waals surface area contributed by atoms with Crippen molar-refractivity contribution >= 4 is 47.2 Å². The molecule has 0 saturated heterocycles. The van der Waals surface area contributed by atoms with Crippen LogP contribution in [0.2, 0.25) is 5.02 Å². The molecule has 4 heterocycles. The van der Waals surface area contributed by atoms with E-state index in [1.165, 1.54) is 17.1 Å². The van der Waals surface area contributed by atoms with Gasteiger partial charge in [0.2, 0.25) is 0 Å². The smallest absolute Gasteiger partial charge is 0.293 e. The van der Waals surface area contributed by atoms with Gasteiger partial charge in [-0.3, -0.25) is 19.7 Å². The Kier molecular flexibility index (Phi) is 5.02. The lowest BCUT2D eigenvalue weighted by molar-refractivity contribution is 0.0790. The number of amides is 1. The van der Waals surface area contributed by atoms with Gasteiger partial charge in [0.25, 0.3) is 11.5 Å². The van der Waals surface area contributed by atoms with Crippen LogP contribution in [-0.2, 0) is 7.05 Å². The second kappa shape index (κ2) is 7.43. The van der Waals surface area contributed by atoms with Gasteiger partial charge in [-0.2, -0.15) is 5.10 Å². The van der Waals surface area contributed by atoms with Crippen LogP contribution >= 0.6 is 24.0 Å². The zero-order valence-corrected chi connectivity index (χ0v) is 17.9. The molecule has 11 nitrogen and oxygen atoms in total. The number of nitrogens with two attached hydrogens (primary N) is 1. The van der Waals surface area contributed by atoms with E-state index >= 15 is 0 Å². The Morgan fingerprint density at radius 2 is 2.06 bits per heavy atom. The highest BCUT2D eigenvalue weighted by Gasteiger charge is 2.44. The Morgan fingerprint density at radius 1 is 1.29 bits per heavy atom. The van der Waals surface area contributed by atoms with E-state index in [9.17, 15) is 9.59 Å². The van der Waals surface area contributed by atoms with Gasteiger partial charge < -0.3 is 16.4 Å². The van der Waals surface area contributed by atoms with E-state index in [4.69, 9.17) is 17.3 Å². The SMILES string of the molecule is Cl.Cn1cc(-c2c(N)ncnc2Nc2cc(Cl)c3n(c2=O)NC2(CCC2)NC3=O)cn1. The number of aryl methyl sites for hydroxylation is 1. The Labute approximate surface area is 187 Å². The van der Waals surface area contributed by atoms with E-state index in [2.05, 4.69) is 31.1 Å². The van der Waals surface area contributed by atoms with Gasteiger partial charge in [0.1, 0.15) is 35.0 Å². The maximum atomic E-state index is 13.2. The molecule has 5 rings (SSSR count). The van der Waals surface area contributed by atoms with Gasteiger partial charge in [-0.15, -0.1) is 12.4 Å². The molecule has 3 aromatic rings. The monoisotopic (exact) mass is 463 g/mol. The highest BCUT2D eigenvalue weighted by atomic mass is 35.5. The molecule has 5 N–H and O–H groups in total. The molecule has 0 aromatic carbocycles. The summed E-state index contributed by atoms with van der Waals surface area (Å²) in [6, 6.07) is 1.40. The molecule has 2 aliphatic rings. The van der Waals surface area contributed by atoms with Gasteiger partial charge >= 0.3 is 0 Å². The molecule has 1 fully saturated rings. The first-order valence-corrected chi connectivity index (χ1v) is 9.67. The highest BCUT2D eigenvalue weighted by Crippen LogP contribution is 2.35. The lowest BCUT2D eigenvalue weighted by Gasteiger charge is -2.47. The van der Waals surface area contributed by atoms with Gasteiger partial charge in [0.15, 0.2) is 0 Å². The van der Waals surface area contributed by atoms with Crippen LogP contribution in [0.1, 0.15) is 29.8 Å². The van der Waals surface area contributed by atoms with Crippen LogP contribution in [0.4, 0.5) is 17.3 Å². The normalized spacial score (nSPS) is 15.9. The minimum atomic E-state index is -0.615. The van der Waals surface area contributed by atoms with Crippen LogP contribution in [0, 0.1) is 0 Å². The third-order valence-corrected chi connectivity index (χ3v) is 5.67. The second-order valence-corrected chi connectivity index (χ2v) is 7.81. The summed E-state index contributed by atoms with van der Waals surface area (Å²) in [5.41, 5.74) is 9.52. The average Bonchev–Trinajstić information content (AvgIpc) is 3.10. The molecule has 1 amide bonds. The Bertz CT molecular complexity index is 1250. The minimum absolute atomic E-state index is 0. The van der Waals surface area contributed by atoms with Crippen molar-refractivity contribution in [1.82, 2.24) is 29.7 Å². The molecule has 1 aliphatic carbocycles. The van der Waals surface area contributed by atoms with Crippen LogP contribution in [0.3, 0.4) is 0 Å². The standard InChI is InChI=1S/C18H18ClN9O2.ClH/c1-27-7-9(6-23-27)12-14(20)21-8-22-15(12)24-11-5-10(19)13-16(29)25-18(3-2-4-18)26-28(13)17(11)30;/h5-8,26H,2-4H2,1H3,(H,25,29)(H3,20,21,22,24);1H. The van der Waals surface area contributed by atoms with Crippen molar-refractivity contribution in [2.45, 2.75) is 24.9 Å². The van der Waals surface area contributed by atoms with Crippen molar-refractivity contribution in [1.29, 1.82) is 0 Å². The number of pyridine rings is 1. The number of hydrogen-bond donors (Lipinski definition) is 4. The fourth-order valence-corrected chi connectivity index (χ4v) is 4.01. The van der Waals surface area contributed by atoms with Crippen LogP contribution in [0.5, 0.6) is 0 Å². The highest BCUT2D eigenvalue weighted by molar-refractivity contribution is 6.34. The van der Waals surface area contributed by atoms with Crippen LogP contribution in [-0.4, -0.2) is 36.0 Å². The Balaban J connectivity index is 0.00000231. The number of halogens is 2. The van der Waals surface area contributed by atoms with E-state index < -0.39 is 11.2 Å². The predicted molar refractivity (Wildman–Crippen MR) is 118 cm³/mol. The molecular weight excluding hydrogens is 445 g/mol. The minimum Gasteiger partial charge on any atom is -0.383 e. The topological polar surface area (TPSA) is 145 Å². The largest absolute Gasteiger partial charge is 0.383 e. The van der Waals surface area contributed by atoms with E-state index in [1.807, 2.05) is 0 Å². The van der Waals surface area contributed by atoms with Gasteiger partial charge in [-0.05, 0) is 25.3 Å². The fraction of sp³-hybridized carbons (Fsp3) is 0.278. The molecule has 0 radical (unpaired) electrons. The van der Waals surface area contributed by atoms with E-state index in [1.54, 1.807) is 24.1 Å². The van der Waals surface area contributed by atoms with Crippen molar-refractivity contribution in [2.24, 2.45) is 7.05 Å². The number of carbonyl (C=O) groups is 1. The number of rotatable bonds is 3. The molecule has 0 unspecified atom stereocenters. The molecule has 0 atom stereocenters. The fourth-order valence-electron chi connectivity index (χ4n) is 3.73. The van der Waals surface area contributed by atoms with Crippen molar-refractivity contribution in [2.75, 3.05) is 16.5 Å². The third-order valence-electron chi connectivity index (χ3n) is 5.38. The van der Waals surface area contributed by atoms with E-state index in [-0.39, 0.29) is 40.5 Å². The average molecular weight is 464 g/mol. The number of carbonyl (C=O) groups excluding carboxylic acids is 1. The molecule has 13 heteroatoms. The number of nitrogen functional groups attached to an aromatic ring is 1. The first kappa shape index (κ1) is 20.9. The zero-order valence-electron chi connectivity index (χ0n) is 16.3. The molecular formula is C18H19Cl2N9O2. The quantitative estimate of drug-likeness (QED) is 0.458. The summed E-state index contributed by atoms with van der Waals surface area (Å²) in [6.45, 7) is 0. The molecule has 0 bridgehead atoms. The van der Waals surface area contributed by atoms with Gasteiger partial charge in [-0.25, -0.2) is 14.6 Å². The summed E-state index contributed by atoms with van der Waals surface area (Å²) < 4.78 is 2.83. The number of anilines is 3. The number of nitrogens with zero attached hydrogens (tertiary/aromatic N) is 5.